The zero-order valence-electron chi connectivity index (χ0n) is 12.9. The Morgan fingerprint density at radius 3 is 3.04 bits per heavy atom. The Balaban J connectivity index is 1.44. The maximum atomic E-state index is 12.2. The van der Waals surface area contributed by atoms with Gasteiger partial charge in [0.2, 0.25) is 5.91 Å². The molecular weight excluding hydrogens is 294 g/mol. The second kappa shape index (κ2) is 7.85. The van der Waals surface area contributed by atoms with Gasteiger partial charge in [0.15, 0.2) is 0 Å². The second-order valence-corrected chi connectivity index (χ2v) is 5.55. The minimum Gasteiger partial charge on any atom is -0.366 e. The molecule has 0 spiro atoms. The van der Waals surface area contributed by atoms with Crippen LogP contribution in [0.5, 0.6) is 0 Å². The number of ether oxygens (including phenoxy) is 1. The molecule has 3 rings (SSSR count). The Hall–Kier alpha value is -2.25. The maximum Gasteiger partial charge on any atom is 0.250 e. The van der Waals surface area contributed by atoms with Crippen LogP contribution in [0.2, 0.25) is 0 Å². The first-order valence-electron chi connectivity index (χ1n) is 7.81. The quantitative estimate of drug-likeness (QED) is 0.804. The summed E-state index contributed by atoms with van der Waals surface area (Å²) in [4.78, 5) is 18.5. The molecule has 1 atom stereocenters. The first-order chi connectivity index (χ1) is 11.3. The topological polar surface area (TPSA) is 83.1 Å². The molecule has 1 amide bonds. The summed E-state index contributed by atoms with van der Waals surface area (Å²) in [5.74, 6) is 0.697. The van der Waals surface area contributed by atoms with E-state index in [9.17, 15) is 4.79 Å². The number of morpholine rings is 1. The van der Waals surface area contributed by atoms with E-state index in [0.717, 1.165) is 18.9 Å². The highest BCUT2D eigenvalue weighted by atomic mass is 16.5. The standard InChI is InChI=1S/C16H21N5O2/c22-16(17-7-6-15-18-12-19-20-15)14-11-21(8-9-23-14)10-13-4-2-1-3-5-13/h1-5,12,14H,6-11H2,(H,17,22)(H,18,19,20). The summed E-state index contributed by atoms with van der Waals surface area (Å²) in [6, 6.07) is 10.3. The number of carbonyl (C=O) groups excluding carboxylic acids is 1. The number of hydrogen-bond acceptors (Lipinski definition) is 5. The number of nitrogens with one attached hydrogen (secondary N) is 2. The molecular formula is C16H21N5O2. The third kappa shape index (κ3) is 4.61. The van der Waals surface area contributed by atoms with Gasteiger partial charge in [0, 0.05) is 32.6 Å². The number of nitrogens with zero attached hydrogens (tertiary/aromatic N) is 3. The van der Waals surface area contributed by atoms with Gasteiger partial charge in [-0.1, -0.05) is 30.3 Å². The van der Waals surface area contributed by atoms with Crippen LogP contribution in [-0.4, -0.2) is 58.3 Å². The number of hydrogen-bond donors (Lipinski definition) is 2. The monoisotopic (exact) mass is 315 g/mol. The average molecular weight is 315 g/mol. The smallest absolute Gasteiger partial charge is 0.250 e. The summed E-state index contributed by atoms with van der Waals surface area (Å²) >= 11 is 0. The number of H-pyrrole nitrogens is 1. The van der Waals surface area contributed by atoms with Crippen molar-refractivity contribution in [1.82, 2.24) is 25.4 Å². The fourth-order valence-electron chi connectivity index (χ4n) is 2.62. The van der Waals surface area contributed by atoms with Crippen molar-refractivity contribution in [3.8, 4) is 0 Å². The van der Waals surface area contributed by atoms with Crippen molar-refractivity contribution in [2.45, 2.75) is 19.1 Å². The number of rotatable bonds is 6. The lowest BCUT2D eigenvalue weighted by molar-refractivity contribution is -0.138. The van der Waals surface area contributed by atoms with E-state index in [1.807, 2.05) is 18.2 Å². The molecule has 1 aliphatic rings. The van der Waals surface area contributed by atoms with Crippen LogP contribution in [0.15, 0.2) is 36.7 Å². The normalized spacial score (nSPS) is 18.7. The number of carbonyl (C=O) groups is 1. The first kappa shape index (κ1) is 15.6. The predicted molar refractivity (Wildman–Crippen MR) is 84.6 cm³/mol. The summed E-state index contributed by atoms with van der Waals surface area (Å²) in [6.45, 7) is 3.39. The molecule has 1 saturated heterocycles. The van der Waals surface area contributed by atoms with Crippen LogP contribution in [-0.2, 0) is 22.5 Å². The van der Waals surface area contributed by atoms with E-state index in [1.54, 1.807) is 0 Å². The molecule has 2 N–H and O–H groups in total. The van der Waals surface area contributed by atoms with E-state index >= 15 is 0 Å². The van der Waals surface area contributed by atoms with E-state index < -0.39 is 6.10 Å². The molecule has 1 unspecified atom stereocenters. The van der Waals surface area contributed by atoms with Gasteiger partial charge in [-0.2, -0.15) is 5.10 Å². The van der Waals surface area contributed by atoms with Gasteiger partial charge in [0.05, 0.1) is 6.61 Å². The average Bonchev–Trinajstić information content (AvgIpc) is 3.09. The molecule has 0 bridgehead atoms. The summed E-state index contributed by atoms with van der Waals surface area (Å²) in [5, 5.41) is 9.45. The molecule has 2 heterocycles. The molecule has 0 aliphatic carbocycles. The molecule has 0 saturated carbocycles. The Labute approximate surface area is 135 Å². The van der Waals surface area contributed by atoms with Gasteiger partial charge >= 0.3 is 0 Å². The lowest BCUT2D eigenvalue weighted by atomic mass is 10.2. The van der Waals surface area contributed by atoms with Crippen molar-refractivity contribution >= 4 is 5.91 Å². The molecule has 0 radical (unpaired) electrons. The molecule has 1 fully saturated rings. The Kier molecular flexibility index (Phi) is 5.33. The zero-order valence-corrected chi connectivity index (χ0v) is 12.9. The lowest BCUT2D eigenvalue weighted by Gasteiger charge is -2.32. The molecule has 1 aromatic heterocycles. The van der Waals surface area contributed by atoms with Crippen LogP contribution in [0, 0.1) is 0 Å². The molecule has 1 aromatic carbocycles. The highest BCUT2D eigenvalue weighted by Gasteiger charge is 2.26. The van der Waals surface area contributed by atoms with Gasteiger partial charge < -0.3 is 10.1 Å². The minimum absolute atomic E-state index is 0.0673. The van der Waals surface area contributed by atoms with Crippen molar-refractivity contribution in [3.05, 3.63) is 48.0 Å². The fraction of sp³-hybridized carbons (Fsp3) is 0.438. The van der Waals surface area contributed by atoms with Gasteiger partial charge in [-0.25, -0.2) is 4.98 Å². The Morgan fingerprint density at radius 2 is 2.26 bits per heavy atom. The number of aromatic nitrogens is 3. The van der Waals surface area contributed by atoms with Crippen molar-refractivity contribution in [3.63, 3.8) is 0 Å². The first-order valence-corrected chi connectivity index (χ1v) is 7.81. The van der Waals surface area contributed by atoms with Crippen molar-refractivity contribution in [2.75, 3.05) is 26.2 Å². The summed E-state index contributed by atoms with van der Waals surface area (Å²) in [6.07, 6.45) is 1.68. The molecule has 7 heteroatoms. The van der Waals surface area contributed by atoms with Gasteiger partial charge in [0.25, 0.3) is 0 Å². The van der Waals surface area contributed by atoms with E-state index in [4.69, 9.17) is 4.74 Å². The number of benzene rings is 1. The van der Waals surface area contributed by atoms with Crippen LogP contribution in [0.25, 0.3) is 0 Å². The third-order valence-corrected chi connectivity index (χ3v) is 3.82. The lowest BCUT2D eigenvalue weighted by Crippen LogP contribution is -2.49. The number of amides is 1. The highest BCUT2D eigenvalue weighted by Crippen LogP contribution is 2.10. The van der Waals surface area contributed by atoms with E-state index in [2.05, 4.69) is 37.5 Å². The Bertz CT molecular complexity index is 602. The van der Waals surface area contributed by atoms with E-state index in [0.29, 0.717) is 26.1 Å². The minimum atomic E-state index is -0.415. The van der Waals surface area contributed by atoms with Crippen molar-refractivity contribution < 1.29 is 9.53 Å². The SMILES string of the molecule is O=C(NCCc1ncn[nH]1)C1CN(Cc2ccccc2)CCO1. The van der Waals surface area contributed by atoms with E-state index in [-0.39, 0.29) is 5.91 Å². The second-order valence-electron chi connectivity index (χ2n) is 5.55. The molecule has 7 nitrogen and oxygen atoms in total. The van der Waals surface area contributed by atoms with Crippen LogP contribution >= 0.6 is 0 Å². The van der Waals surface area contributed by atoms with Gasteiger partial charge in [-0.15, -0.1) is 0 Å². The third-order valence-electron chi connectivity index (χ3n) is 3.82. The van der Waals surface area contributed by atoms with Crippen molar-refractivity contribution in [1.29, 1.82) is 0 Å². The summed E-state index contributed by atoms with van der Waals surface area (Å²) < 4.78 is 5.61. The Morgan fingerprint density at radius 1 is 1.39 bits per heavy atom. The maximum absolute atomic E-state index is 12.2. The van der Waals surface area contributed by atoms with Gasteiger partial charge in [0.1, 0.15) is 18.3 Å². The van der Waals surface area contributed by atoms with Gasteiger partial charge in [-0.05, 0) is 5.56 Å². The predicted octanol–water partition coefficient (Wildman–Crippen LogP) is 0.364. The molecule has 122 valence electrons. The van der Waals surface area contributed by atoms with Crippen molar-refractivity contribution in [2.24, 2.45) is 0 Å². The number of aromatic amines is 1. The highest BCUT2D eigenvalue weighted by molar-refractivity contribution is 5.81. The van der Waals surface area contributed by atoms with Crippen LogP contribution in [0.3, 0.4) is 0 Å². The van der Waals surface area contributed by atoms with Crippen LogP contribution in [0.4, 0.5) is 0 Å². The molecule has 23 heavy (non-hydrogen) atoms. The molecule has 1 aliphatic heterocycles. The zero-order chi connectivity index (χ0) is 15.9. The fourth-order valence-corrected chi connectivity index (χ4v) is 2.62. The van der Waals surface area contributed by atoms with Crippen LogP contribution < -0.4 is 5.32 Å². The van der Waals surface area contributed by atoms with Crippen LogP contribution in [0.1, 0.15) is 11.4 Å². The largest absolute Gasteiger partial charge is 0.366 e. The van der Waals surface area contributed by atoms with E-state index in [1.165, 1.54) is 11.9 Å². The summed E-state index contributed by atoms with van der Waals surface area (Å²) in [5.41, 5.74) is 1.25. The summed E-state index contributed by atoms with van der Waals surface area (Å²) in [7, 11) is 0. The molecule has 2 aromatic rings. The van der Waals surface area contributed by atoms with Gasteiger partial charge in [-0.3, -0.25) is 14.8 Å².